The van der Waals surface area contributed by atoms with Crippen molar-refractivity contribution in [1.29, 1.82) is 0 Å². The van der Waals surface area contributed by atoms with Gasteiger partial charge in [0.15, 0.2) is 0 Å². The maximum Gasteiger partial charge on any atom is 0.351 e. The highest BCUT2D eigenvalue weighted by Gasteiger charge is 2.14. The molecule has 0 aromatic heterocycles. The zero-order valence-corrected chi connectivity index (χ0v) is 8.68. The Bertz CT molecular complexity index is 501. The molecule has 0 saturated heterocycles. The third-order valence-corrected chi connectivity index (χ3v) is 1.81. The van der Waals surface area contributed by atoms with Crippen molar-refractivity contribution in [2.45, 2.75) is 6.92 Å². The molecule has 2 N–H and O–H groups in total. The topological polar surface area (TPSA) is 105 Å². The van der Waals surface area contributed by atoms with Gasteiger partial charge in [0.2, 0.25) is 0 Å². The summed E-state index contributed by atoms with van der Waals surface area (Å²) in [5, 5.41) is 22.5. The Balaban J connectivity index is 3.03. The number of rotatable bonds is 4. The highest BCUT2D eigenvalue weighted by molar-refractivity contribution is 6.34. The fourth-order valence-electron chi connectivity index (χ4n) is 0.942. The van der Waals surface area contributed by atoms with Gasteiger partial charge in [0.25, 0.3) is 5.69 Å². The number of hydrogen-bond acceptors (Lipinski definition) is 5. The van der Waals surface area contributed by atoms with Gasteiger partial charge in [-0.2, -0.15) is 5.10 Å². The van der Waals surface area contributed by atoms with Gasteiger partial charge < -0.3 is 5.11 Å². The van der Waals surface area contributed by atoms with Gasteiger partial charge in [-0.15, -0.1) is 0 Å². The number of nitrogens with one attached hydrogen (secondary N) is 1. The summed E-state index contributed by atoms with van der Waals surface area (Å²) in [4.78, 5) is 20.2. The van der Waals surface area contributed by atoms with Crippen LogP contribution in [0.3, 0.4) is 0 Å². The molecule has 1 rings (SSSR count). The van der Waals surface area contributed by atoms with Crippen LogP contribution in [-0.4, -0.2) is 21.7 Å². The molecule has 0 unspecified atom stereocenters. The van der Waals surface area contributed by atoms with Gasteiger partial charge in [0, 0.05) is 0 Å². The molecule has 17 heavy (non-hydrogen) atoms. The van der Waals surface area contributed by atoms with Crippen LogP contribution in [0, 0.1) is 15.9 Å². The summed E-state index contributed by atoms with van der Waals surface area (Å²) in [6.07, 6.45) is 0. The number of anilines is 1. The first kappa shape index (κ1) is 12.6. The number of nitrogens with zero attached hydrogens (tertiary/aromatic N) is 2. The number of benzene rings is 1. The normalized spacial score (nSPS) is 11.1. The van der Waals surface area contributed by atoms with Gasteiger partial charge in [-0.3, -0.25) is 15.5 Å². The van der Waals surface area contributed by atoms with E-state index in [9.17, 15) is 19.3 Å². The first-order valence-corrected chi connectivity index (χ1v) is 4.39. The number of nitro benzene ring substituents is 1. The van der Waals surface area contributed by atoms with Gasteiger partial charge in [-0.05, 0) is 19.1 Å². The van der Waals surface area contributed by atoms with Crippen molar-refractivity contribution in [2.75, 3.05) is 5.43 Å². The smallest absolute Gasteiger partial charge is 0.351 e. The molecule has 0 bridgehead atoms. The molecule has 0 aliphatic rings. The van der Waals surface area contributed by atoms with E-state index in [0.717, 1.165) is 12.1 Å². The largest absolute Gasteiger partial charge is 0.477 e. The Morgan fingerprint density at radius 3 is 2.76 bits per heavy atom. The van der Waals surface area contributed by atoms with Gasteiger partial charge in [-0.25, -0.2) is 9.18 Å². The van der Waals surface area contributed by atoms with Crippen LogP contribution >= 0.6 is 0 Å². The molecule has 1 aromatic carbocycles. The van der Waals surface area contributed by atoms with Crippen molar-refractivity contribution in [3.05, 3.63) is 34.1 Å². The molecule has 8 heteroatoms. The predicted octanol–water partition coefficient (Wildman–Crippen LogP) is 1.61. The molecular weight excluding hydrogens is 233 g/mol. The number of hydrazone groups is 1. The monoisotopic (exact) mass is 241 g/mol. The molecule has 0 amide bonds. The Morgan fingerprint density at radius 1 is 1.59 bits per heavy atom. The van der Waals surface area contributed by atoms with Crippen LogP contribution < -0.4 is 5.43 Å². The summed E-state index contributed by atoms with van der Waals surface area (Å²) < 4.78 is 12.8. The van der Waals surface area contributed by atoms with E-state index in [4.69, 9.17) is 5.11 Å². The molecule has 7 nitrogen and oxygen atoms in total. The number of halogens is 1. The van der Waals surface area contributed by atoms with Crippen molar-refractivity contribution < 1.29 is 19.2 Å². The SMILES string of the molecule is C/C(=N/Nc1ccc(F)cc1[N+](=O)[O-])C(=O)O. The van der Waals surface area contributed by atoms with E-state index in [2.05, 4.69) is 10.5 Å². The van der Waals surface area contributed by atoms with E-state index >= 15 is 0 Å². The highest BCUT2D eigenvalue weighted by atomic mass is 19.1. The van der Waals surface area contributed by atoms with E-state index in [-0.39, 0.29) is 11.4 Å². The minimum absolute atomic E-state index is 0.0861. The predicted molar refractivity (Wildman–Crippen MR) is 57.4 cm³/mol. The number of hydrogen-bond donors (Lipinski definition) is 2. The first-order valence-electron chi connectivity index (χ1n) is 4.39. The summed E-state index contributed by atoms with van der Waals surface area (Å²) in [5.74, 6) is -2.02. The van der Waals surface area contributed by atoms with Crippen LogP contribution in [0.1, 0.15) is 6.92 Å². The van der Waals surface area contributed by atoms with Gasteiger partial charge in [-0.1, -0.05) is 0 Å². The van der Waals surface area contributed by atoms with Gasteiger partial charge >= 0.3 is 5.97 Å². The molecule has 0 atom stereocenters. The lowest BCUT2D eigenvalue weighted by molar-refractivity contribution is -0.384. The van der Waals surface area contributed by atoms with Crippen molar-refractivity contribution in [3.63, 3.8) is 0 Å². The quantitative estimate of drug-likeness (QED) is 0.473. The molecule has 0 aliphatic carbocycles. The van der Waals surface area contributed by atoms with E-state index in [1.807, 2.05) is 0 Å². The molecule has 0 heterocycles. The summed E-state index contributed by atoms with van der Waals surface area (Å²) in [6, 6.07) is 2.82. The number of carboxylic acids is 1. The third kappa shape index (κ3) is 3.23. The fraction of sp³-hybridized carbons (Fsp3) is 0.111. The van der Waals surface area contributed by atoms with Crippen molar-refractivity contribution >= 4 is 23.1 Å². The lowest BCUT2D eigenvalue weighted by Crippen LogP contribution is -2.10. The van der Waals surface area contributed by atoms with Crippen LogP contribution in [0.25, 0.3) is 0 Å². The summed E-state index contributed by atoms with van der Waals surface area (Å²) in [7, 11) is 0. The van der Waals surface area contributed by atoms with Crippen molar-refractivity contribution in [3.8, 4) is 0 Å². The minimum Gasteiger partial charge on any atom is -0.477 e. The van der Waals surface area contributed by atoms with Crippen molar-refractivity contribution in [1.82, 2.24) is 0 Å². The second-order valence-electron chi connectivity index (χ2n) is 3.03. The summed E-state index contributed by atoms with van der Waals surface area (Å²) in [6.45, 7) is 1.21. The number of nitro groups is 1. The molecule has 0 fully saturated rings. The second kappa shape index (κ2) is 5.01. The van der Waals surface area contributed by atoms with E-state index in [1.54, 1.807) is 0 Å². The molecule has 0 spiro atoms. The third-order valence-electron chi connectivity index (χ3n) is 1.81. The maximum atomic E-state index is 12.8. The molecule has 1 aromatic rings. The van der Waals surface area contributed by atoms with Crippen LogP contribution in [0.4, 0.5) is 15.8 Å². The van der Waals surface area contributed by atoms with Crippen molar-refractivity contribution in [2.24, 2.45) is 5.10 Å². The van der Waals surface area contributed by atoms with E-state index < -0.39 is 22.4 Å². The minimum atomic E-state index is -1.26. The highest BCUT2D eigenvalue weighted by Crippen LogP contribution is 2.24. The Labute approximate surface area is 94.7 Å². The first-order chi connectivity index (χ1) is 7.91. The second-order valence-corrected chi connectivity index (χ2v) is 3.03. The van der Waals surface area contributed by atoms with Crippen LogP contribution in [0.5, 0.6) is 0 Å². The van der Waals surface area contributed by atoms with Crippen LogP contribution in [0.15, 0.2) is 23.3 Å². The molecule has 0 saturated carbocycles. The lowest BCUT2D eigenvalue weighted by Gasteiger charge is -2.02. The average molecular weight is 241 g/mol. The standard InChI is InChI=1S/C9H8FN3O4/c1-5(9(14)15)11-12-7-3-2-6(10)4-8(7)13(16)17/h2-4,12H,1H3,(H,14,15)/b11-5-. The lowest BCUT2D eigenvalue weighted by atomic mass is 10.2. The zero-order chi connectivity index (χ0) is 13.0. The summed E-state index contributed by atoms with van der Waals surface area (Å²) >= 11 is 0. The Hall–Kier alpha value is -2.51. The fourth-order valence-corrected chi connectivity index (χ4v) is 0.942. The van der Waals surface area contributed by atoms with Gasteiger partial charge in [0.1, 0.15) is 17.2 Å². The Kier molecular flexibility index (Phi) is 3.70. The van der Waals surface area contributed by atoms with E-state index in [0.29, 0.717) is 6.07 Å². The summed E-state index contributed by atoms with van der Waals surface area (Å²) in [5.41, 5.74) is 1.32. The number of aliphatic carboxylic acids is 1. The van der Waals surface area contributed by atoms with E-state index in [1.165, 1.54) is 6.92 Å². The maximum absolute atomic E-state index is 12.8. The van der Waals surface area contributed by atoms with Gasteiger partial charge in [0.05, 0.1) is 11.0 Å². The number of carbonyl (C=O) groups is 1. The molecule has 0 radical (unpaired) electrons. The number of carboxylic acid groups (broad SMARTS) is 1. The molecular formula is C9H8FN3O4. The van der Waals surface area contributed by atoms with Crippen LogP contribution in [-0.2, 0) is 4.79 Å². The average Bonchev–Trinajstić information content (AvgIpc) is 2.26. The molecule has 0 aliphatic heterocycles. The zero-order valence-electron chi connectivity index (χ0n) is 8.68. The molecule has 90 valence electrons. The van der Waals surface area contributed by atoms with Crippen LogP contribution in [0.2, 0.25) is 0 Å². The Morgan fingerprint density at radius 2 is 2.24 bits per heavy atom.